The number of nitrogens with one attached hydrogen (secondary N) is 2. The number of hydrogen-bond donors (Lipinski definition) is 2. The van der Waals surface area contributed by atoms with Gasteiger partial charge in [-0.3, -0.25) is 5.10 Å². The van der Waals surface area contributed by atoms with E-state index in [0.29, 0.717) is 23.5 Å². The average Bonchev–Trinajstić information content (AvgIpc) is 3.38. The lowest BCUT2D eigenvalue weighted by Crippen LogP contribution is -2.53. The third-order valence-corrected chi connectivity index (χ3v) is 11.2. The van der Waals surface area contributed by atoms with Crippen LogP contribution in [-0.2, 0) is 17.6 Å². The first-order valence-electron chi connectivity index (χ1n) is 13.8. The summed E-state index contributed by atoms with van der Waals surface area (Å²) in [5, 5.41) is 11.6. The largest absolute Gasteiger partial charge is 0.376 e. The predicted molar refractivity (Wildman–Crippen MR) is 128 cm³/mol. The summed E-state index contributed by atoms with van der Waals surface area (Å²) < 4.78 is 6.73. The number of aromatic amines is 1. The Hall–Kier alpha value is -0.870. The Balaban J connectivity index is 1.26. The summed E-state index contributed by atoms with van der Waals surface area (Å²) in [4.78, 5) is 0. The molecular weight excluding hydrogens is 394 g/mol. The molecule has 4 heteroatoms. The third-order valence-electron chi connectivity index (χ3n) is 11.2. The molecule has 11 unspecified atom stereocenters. The maximum atomic E-state index is 6.73. The molecule has 0 spiro atoms. The van der Waals surface area contributed by atoms with E-state index in [9.17, 15) is 0 Å². The van der Waals surface area contributed by atoms with Crippen LogP contribution in [0, 0.1) is 52.8 Å². The van der Waals surface area contributed by atoms with Gasteiger partial charge in [0.25, 0.3) is 0 Å². The Morgan fingerprint density at radius 2 is 1.84 bits per heavy atom. The van der Waals surface area contributed by atoms with Crippen LogP contribution in [0.1, 0.15) is 77.5 Å². The Morgan fingerprint density at radius 3 is 2.72 bits per heavy atom. The monoisotopic (exact) mass is 439 g/mol. The van der Waals surface area contributed by atoms with E-state index < -0.39 is 0 Å². The molecule has 2 N–H and O–H groups in total. The molecule has 5 aliphatic rings. The van der Waals surface area contributed by atoms with Gasteiger partial charge < -0.3 is 10.1 Å². The number of ether oxygens (including phenoxy) is 1. The molecule has 4 nitrogen and oxygen atoms in total. The molecule has 178 valence electrons. The molecule has 3 aliphatic carbocycles. The van der Waals surface area contributed by atoms with Gasteiger partial charge in [-0.1, -0.05) is 27.7 Å². The Morgan fingerprint density at radius 1 is 1.00 bits per heavy atom. The molecule has 32 heavy (non-hydrogen) atoms. The molecule has 1 aromatic rings. The van der Waals surface area contributed by atoms with E-state index in [4.69, 9.17) is 4.74 Å². The molecule has 0 aromatic carbocycles. The molecule has 0 bridgehead atoms. The topological polar surface area (TPSA) is 49.9 Å². The molecule has 6 rings (SSSR count). The minimum absolute atomic E-state index is 0.413. The maximum absolute atomic E-state index is 6.73. The highest BCUT2D eigenvalue weighted by molar-refractivity contribution is 5.25. The average molecular weight is 440 g/mol. The van der Waals surface area contributed by atoms with Gasteiger partial charge in [0.2, 0.25) is 0 Å². The lowest BCUT2D eigenvalue weighted by molar-refractivity contribution is -0.0494. The van der Waals surface area contributed by atoms with Gasteiger partial charge in [-0.15, -0.1) is 0 Å². The van der Waals surface area contributed by atoms with Crippen molar-refractivity contribution < 1.29 is 4.74 Å². The van der Waals surface area contributed by atoms with Crippen LogP contribution in [0.15, 0.2) is 6.20 Å². The van der Waals surface area contributed by atoms with E-state index in [-0.39, 0.29) is 0 Å². The summed E-state index contributed by atoms with van der Waals surface area (Å²) in [5.41, 5.74) is 3.41. The summed E-state index contributed by atoms with van der Waals surface area (Å²) in [6.07, 6.45) is 13.4. The number of nitrogens with zero attached hydrogens (tertiary/aromatic N) is 1. The van der Waals surface area contributed by atoms with Gasteiger partial charge in [0.1, 0.15) is 0 Å². The zero-order chi connectivity index (χ0) is 22.0. The number of H-pyrrole nitrogens is 1. The molecule has 4 fully saturated rings. The minimum atomic E-state index is 0.413. The fourth-order valence-electron chi connectivity index (χ4n) is 9.34. The lowest BCUT2D eigenvalue weighted by Gasteiger charge is -2.52. The van der Waals surface area contributed by atoms with Gasteiger partial charge >= 0.3 is 0 Å². The van der Waals surface area contributed by atoms with Crippen molar-refractivity contribution in [2.45, 2.75) is 91.2 Å². The van der Waals surface area contributed by atoms with E-state index in [1.807, 2.05) is 0 Å². The van der Waals surface area contributed by atoms with Crippen LogP contribution in [0.25, 0.3) is 0 Å². The van der Waals surface area contributed by atoms with E-state index in [1.165, 1.54) is 62.6 Å². The third kappa shape index (κ3) is 3.42. The number of hydrogen-bond acceptors (Lipinski definition) is 3. The fraction of sp³-hybridized carbons (Fsp3) is 0.893. The standard InChI is InChI=1S/C28H45N3O/c1-16-9-26-27(29-13-16)17(2)5-7-21-22-8-6-20-10-25-19(14-30-31-25)12-28(20,4)24(22)11-23(21)18(3)15-32-26/h14,16-18,20-24,26-27,29H,5-13,15H2,1-4H3,(H,30,31). The van der Waals surface area contributed by atoms with E-state index >= 15 is 0 Å². The van der Waals surface area contributed by atoms with Crippen molar-refractivity contribution in [2.75, 3.05) is 13.2 Å². The molecule has 2 saturated heterocycles. The van der Waals surface area contributed by atoms with Gasteiger partial charge in [0, 0.05) is 18.3 Å². The smallest absolute Gasteiger partial charge is 0.0733 e. The molecular formula is C28H45N3O. The van der Waals surface area contributed by atoms with Gasteiger partial charge in [-0.05, 0) is 116 Å². The summed E-state index contributed by atoms with van der Waals surface area (Å²) >= 11 is 0. The van der Waals surface area contributed by atoms with Crippen LogP contribution in [0.2, 0.25) is 0 Å². The van der Waals surface area contributed by atoms with Gasteiger partial charge in [-0.25, -0.2) is 0 Å². The predicted octanol–water partition coefficient (Wildman–Crippen LogP) is 5.24. The first-order chi connectivity index (χ1) is 15.4. The fourth-order valence-corrected chi connectivity index (χ4v) is 9.34. The van der Waals surface area contributed by atoms with E-state index in [2.05, 4.69) is 49.4 Å². The number of rotatable bonds is 0. The summed E-state index contributed by atoms with van der Waals surface area (Å²) in [6.45, 7) is 12.2. The second-order valence-electron chi connectivity index (χ2n) is 13.0. The molecule has 1 aromatic heterocycles. The Kier molecular flexibility index (Phi) is 5.49. The lowest BCUT2D eigenvalue weighted by atomic mass is 9.52. The van der Waals surface area contributed by atoms with Crippen molar-refractivity contribution >= 4 is 0 Å². The van der Waals surface area contributed by atoms with E-state index in [0.717, 1.165) is 54.6 Å². The van der Waals surface area contributed by atoms with Crippen molar-refractivity contribution in [3.63, 3.8) is 0 Å². The molecule has 3 heterocycles. The van der Waals surface area contributed by atoms with Crippen LogP contribution >= 0.6 is 0 Å². The van der Waals surface area contributed by atoms with Crippen molar-refractivity contribution in [1.29, 1.82) is 0 Å². The SMILES string of the molecule is CC1CNC2C(C)CCC3C(CC4C3CCC3Cc5[nH]ncc5CC34C)C(C)COC2C1. The Labute approximate surface area is 195 Å². The second-order valence-corrected chi connectivity index (χ2v) is 13.0. The number of fused-ring (bicyclic) bond motifs is 7. The molecule has 0 amide bonds. The zero-order valence-corrected chi connectivity index (χ0v) is 20.8. The Bertz CT molecular complexity index is 821. The van der Waals surface area contributed by atoms with Crippen molar-refractivity contribution in [3.05, 3.63) is 17.5 Å². The summed E-state index contributed by atoms with van der Waals surface area (Å²) in [7, 11) is 0. The van der Waals surface area contributed by atoms with Gasteiger partial charge in [0.05, 0.1) is 12.3 Å². The molecule has 2 aliphatic heterocycles. The van der Waals surface area contributed by atoms with Crippen LogP contribution in [0.4, 0.5) is 0 Å². The summed E-state index contributed by atoms with van der Waals surface area (Å²) in [6, 6.07) is 0.554. The summed E-state index contributed by atoms with van der Waals surface area (Å²) in [5.74, 6) is 6.55. The highest BCUT2D eigenvalue weighted by atomic mass is 16.5. The van der Waals surface area contributed by atoms with Crippen LogP contribution in [0.3, 0.4) is 0 Å². The highest BCUT2D eigenvalue weighted by Crippen LogP contribution is 2.63. The minimum Gasteiger partial charge on any atom is -0.376 e. The van der Waals surface area contributed by atoms with Gasteiger partial charge in [0.15, 0.2) is 0 Å². The first-order valence-corrected chi connectivity index (χ1v) is 13.8. The van der Waals surface area contributed by atoms with Crippen molar-refractivity contribution in [3.8, 4) is 0 Å². The van der Waals surface area contributed by atoms with E-state index in [1.54, 1.807) is 0 Å². The second kappa shape index (κ2) is 8.12. The van der Waals surface area contributed by atoms with Crippen LogP contribution in [-0.4, -0.2) is 35.5 Å². The van der Waals surface area contributed by atoms with Crippen LogP contribution in [0.5, 0.6) is 0 Å². The number of piperidine rings is 1. The first kappa shape index (κ1) is 21.6. The quantitative estimate of drug-likeness (QED) is 0.581. The highest BCUT2D eigenvalue weighted by Gasteiger charge is 2.57. The number of aromatic nitrogens is 2. The molecule has 2 saturated carbocycles. The normalized spacial score (nSPS) is 51.0. The van der Waals surface area contributed by atoms with Crippen LogP contribution < -0.4 is 5.32 Å². The maximum Gasteiger partial charge on any atom is 0.0733 e. The van der Waals surface area contributed by atoms with Crippen molar-refractivity contribution in [1.82, 2.24) is 15.5 Å². The van der Waals surface area contributed by atoms with Gasteiger partial charge in [-0.2, -0.15) is 5.10 Å². The van der Waals surface area contributed by atoms with Crippen molar-refractivity contribution in [2.24, 2.45) is 52.8 Å². The molecule has 0 radical (unpaired) electrons. The zero-order valence-electron chi connectivity index (χ0n) is 20.8. The molecule has 11 atom stereocenters.